The quantitative estimate of drug-likeness (QED) is 0.653. The van der Waals surface area contributed by atoms with E-state index in [4.69, 9.17) is 0 Å². The van der Waals surface area contributed by atoms with Crippen molar-refractivity contribution in [3.63, 3.8) is 0 Å². The van der Waals surface area contributed by atoms with Crippen molar-refractivity contribution in [2.24, 2.45) is 0 Å². The van der Waals surface area contributed by atoms with E-state index in [0.717, 1.165) is 30.6 Å². The van der Waals surface area contributed by atoms with Crippen molar-refractivity contribution in [1.82, 2.24) is 9.78 Å². The SMILES string of the molecule is CCCCCCCCn1nc(CC)c(CO)c1CC. The summed E-state index contributed by atoms with van der Waals surface area (Å²) in [5.74, 6) is 0. The molecule has 110 valence electrons. The molecule has 1 heterocycles. The number of aromatic nitrogens is 2. The molecule has 19 heavy (non-hydrogen) atoms. The van der Waals surface area contributed by atoms with Crippen molar-refractivity contribution in [2.45, 2.75) is 85.3 Å². The van der Waals surface area contributed by atoms with Crippen LogP contribution < -0.4 is 0 Å². The molecule has 0 fully saturated rings. The van der Waals surface area contributed by atoms with E-state index >= 15 is 0 Å². The number of aryl methyl sites for hydroxylation is 2. The third-order valence-corrected chi connectivity index (χ3v) is 3.80. The highest BCUT2D eigenvalue weighted by molar-refractivity contribution is 5.25. The molecule has 0 bridgehead atoms. The van der Waals surface area contributed by atoms with Crippen LogP contribution in [0.1, 0.15) is 76.2 Å². The summed E-state index contributed by atoms with van der Waals surface area (Å²) in [5, 5.41) is 14.2. The molecule has 0 saturated carbocycles. The molecule has 0 amide bonds. The first kappa shape index (κ1) is 16.2. The number of rotatable bonds is 10. The van der Waals surface area contributed by atoms with Gasteiger partial charge < -0.3 is 5.11 Å². The monoisotopic (exact) mass is 266 g/mol. The maximum atomic E-state index is 9.49. The van der Waals surface area contributed by atoms with E-state index in [1.807, 2.05) is 0 Å². The molecule has 3 nitrogen and oxygen atoms in total. The minimum absolute atomic E-state index is 0.128. The summed E-state index contributed by atoms with van der Waals surface area (Å²) in [6, 6.07) is 0. The zero-order valence-electron chi connectivity index (χ0n) is 12.9. The van der Waals surface area contributed by atoms with Crippen LogP contribution in [-0.2, 0) is 26.0 Å². The van der Waals surface area contributed by atoms with E-state index in [-0.39, 0.29) is 6.61 Å². The fourth-order valence-corrected chi connectivity index (χ4v) is 2.68. The van der Waals surface area contributed by atoms with Gasteiger partial charge in [-0.3, -0.25) is 4.68 Å². The Morgan fingerprint density at radius 3 is 2.21 bits per heavy atom. The summed E-state index contributed by atoms with van der Waals surface area (Å²) < 4.78 is 2.13. The van der Waals surface area contributed by atoms with E-state index in [1.165, 1.54) is 44.2 Å². The largest absolute Gasteiger partial charge is 0.392 e. The summed E-state index contributed by atoms with van der Waals surface area (Å²) in [7, 11) is 0. The van der Waals surface area contributed by atoms with Crippen molar-refractivity contribution >= 4 is 0 Å². The van der Waals surface area contributed by atoms with E-state index in [9.17, 15) is 5.11 Å². The van der Waals surface area contributed by atoms with Gasteiger partial charge in [0.05, 0.1) is 12.3 Å². The Balaban J connectivity index is 2.50. The fourth-order valence-electron chi connectivity index (χ4n) is 2.68. The maximum Gasteiger partial charge on any atom is 0.0718 e. The van der Waals surface area contributed by atoms with Gasteiger partial charge in [-0.1, -0.05) is 52.9 Å². The second kappa shape index (κ2) is 9.13. The lowest BCUT2D eigenvalue weighted by atomic mass is 10.1. The molecule has 3 heteroatoms. The lowest BCUT2D eigenvalue weighted by molar-refractivity contribution is 0.279. The summed E-state index contributed by atoms with van der Waals surface area (Å²) in [5.41, 5.74) is 3.37. The van der Waals surface area contributed by atoms with E-state index < -0.39 is 0 Å². The molecule has 0 aromatic carbocycles. The Bertz CT molecular complexity index is 358. The molecule has 0 saturated heterocycles. The van der Waals surface area contributed by atoms with Crippen LogP contribution in [0.4, 0.5) is 0 Å². The molecule has 0 atom stereocenters. The molecule has 0 unspecified atom stereocenters. The van der Waals surface area contributed by atoms with Crippen LogP contribution in [0, 0.1) is 0 Å². The summed E-state index contributed by atoms with van der Waals surface area (Å²) in [6.07, 6.45) is 9.72. The molecule has 1 N–H and O–H groups in total. The molecule has 0 aliphatic heterocycles. The average Bonchev–Trinajstić information content (AvgIpc) is 2.79. The number of aliphatic hydroxyl groups is 1. The van der Waals surface area contributed by atoms with Crippen LogP contribution in [0.2, 0.25) is 0 Å². The Morgan fingerprint density at radius 1 is 0.947 bits per heavy atom. The highest BCUT2D eigenvalue weighted by Gasteiger charge is 2.13. The number of unbranched alkanes of at least 4 members (excludes halogenated alkanes) is 5. The van der Waals surface area contributed by atoms with Gasteiger partial charge in [-0.25, -0.2) is 0 Å². The summed E-state index contributed by atoms with van der Waals surface area (Å²) in [6.45, 7) is 7.63. The minimum Gasteiger partial charge on any atom is -0.392 e. The molecule has 1 rings (SSSR count). The predicted molar refractivity (Wildman–Crippen MR) is 80.3 cm³/mol. The second-order valence-corrected chi connectivity index (χ2v) is 5.23. The molecule has 1 aromatic heterocycles. The van der Waals surface area contributed by atoms with Crippen LogP contribution >= 0.6 is 0 Å². The standard InChI is InChI=1S/C16H30N2O/c1-4-7-8-9-10-11-12-18-16(6-3)14(13-19)15(5-2)17-18/h19H,4-13H2,1-3H3. The molecular formula is C16H30N2O. The number of aliphatic hydroxyl groups excluding tert-OH is 1. The van der Waals surface area contributed by atoms with Crippen LogP contribution in [0.5, 0.6) is 0 Å². The molecule has 0 aliphatic carbocycles. The maximum absolute atomic E-state index is 9.49. The van der Waals surface area contributed by atoms with Crippen LogP contribution in [-0.4, -0.2) is 14.9 Å². The highest BCUT2D eigenvalue weighted by atomic mass is 16.3. The first-order valence-corrected chi connectivity index (χ1v) is 7.96. The van der Waals surface area contributed by atoms with Crippen LogP contribution in [0.25, 0.3) is 0 Å². The fraction of sp³-hybridized carbons (Fsp3) is 0.812. The smallest absolute Gasteiger partial charge is 0.0718 e. The summed E-state index contributed by atoms with van der Waals surface area (Å²) >= 11 is 0. The zero-order chi connectivity index (χ0) is 14.1. The lowest BCUT2D eigenvalue weighted by Gasteiger charge is -2.07. The second-order valence-electron chi connectivity index (χ2n) is 5.23. The highest BCUT2D eigenvalue weighted by Crippen LogP contribution is 2.17. The van der Waals surface area contributed by atoms with Crippen LogP contribution in [0.15, 0.2) is 0 Å². The molecular weight excluding hydrogens is 236 g/mol. The molecule has 0 aliphatic rings. The molecule has 0 spiro atoms. The average molecular weight is 266 g/mol. The first-order valence-electron chi connectivity index (χ1n) is 7.96. The topological polar surface area (TPSA) is 38.0 Å². The summed E-state index contributed by atoms with van der Waals surface area (Å²) in [4.78, 5) is 0. The van der Waals surface area contributed by atoms with Gasteiger partial charge in [0, 0.05) is 17.8 Å². The van der Waals surface area contributed by atoms with E-state index in [2.05, 4.69) is 30.6 Å². The molecule has 0 radical (unpaired) electrons. The van der Waals surface area contributed by atoms with Crippen molar-refractivity contribution < 1.29 is 5.11 Å². The van der Waals surface area contributed by atoms with E-state index in [0.29, 0.717) is 0 Å². The van der Waals surface area contributed by atoms with Gasteiger partial charge in [-0.2, -0.15) is 5.10 Å². The Morgan fingerprint density at radius 2 is 1.63 bits per heavy atom. The third-order valence-electron chi connectivity index (χ3n) is 3.80. The normalized spacial score (nSPS) is 11.2. The number of nitrogens with zero attached hydrogens (tertiary/aromatic N) is 2. The van der Waals surface area contributed by atoms with Gasteiger partial charge >= 0.3 is 0 Å². The van der Waals surface area contributed by atoms with Crippen molar-refractivity contribution in [1.29, 1.82) is 0 Å². The van der Waals surface area contributed by atoms with Crippen molar-refractivity contribution in [3.8, 4) is 0 Å². The van der Waals surface area contributed by atoms with Crippen molar-refractivity contribution in [2.75, 3.05) is 0 Å². The van der Waals surface area contributed by atoms with Gasteiger partial charge in [0.2, 0.25) is 0 Å². The van der Waals surface area contributed by atoms with Gasteiger partial charge in [0.1, 0.15) is 0 Å². The zero-order valence-corrected chi connectivity index (χ0v) is 12.9. The Labute approximate surface area is 118 Å². The minimum atomic E-state index is 0.128. The van der Waals surface area contributed by atoms with Gasteiger partial charge in [0.15, 0.2) is 0 Å². The number of hydrogen-bond donors (Lipinski definition) is 1. The van der Waals surface area contributed by atoms with Gasteiger partial charge in [-0.05, 0) is 19.3 Å². The van der Waals surface area contributed by atoms with Gasteiger partial charge in [0.25, 0.3) is 0 Å². The first-order chi connectivity index (χ1) is 9.28. The van der Waals surface area contributed by atoms with E-state index in [1.54, 1.807) is 0 Å². The number of hydrogen-bond acceptors (Lipinski definition) is 2. The Hall–Kier alpha value is -0.830. The Kier molecular flexibility index (Phi) is 7.80. The lowest BCUT2D eigenvalue weighted by Crippen LogP contribution is -2.05. The van der Waals surface area contributed by atoms with Crippen molar-refractivity contribution in [3.05, 3.63) is 17.0 Å². The predicted octanol–water partition coefficient (Wildman–Crippen LogP) is 3.86. The van der Waals surface area contributed by atoms with Crippen LogP contribution in [0.3, 0.4) is 0 Å². The van der Waals surface area contributed by atoms with Gasteiger partial charge in [-0.15, -0.1) is 0 Å². The third kappa shape index (κ3) is 4.64. The molecule has 1 aromatic rings.